The molecule has 0 spiro atoms. The first-order valence-electron chi connectivity index (χ1n) is 12.1. The number of likely N-dealkylation sites (tertiary alicyclic amines) is 1. The quantitative estimate of drug-likeness (QED) is 0.360. The number of ether oxygens (including phenoxy) is 1. The van der Waals surface area contributed by atoms with Gasteiger partial charge in [0.25, 0.3) is 5.91 Å². The van der Waals surface area contributed by atoms with Gasteiger partial charge in [0.1, 0.15) is 23.3 Å². The van der Waals surface area contributed by atoms with Gasteiger partial charge in [-0.15, -0.1) is 0 Å². The molecule has 12 heteroatoms. The van der Waals surface area contributed by atoms with E-state index in [1.807, 2.05) is 20.8 Å². The number of nitrogens with one attached hydrogen (secondary N) is 3. The Morgan fingerprint density at radius 2 is 1.66 bits per heavy atom. The molecule has 0 atom stereocenters. The summed E-state index contributed by atoms with van der Waals surface area (Å²) < 4.78 is 11.2. The van der Waals surface area contributed by atoms with E-state index in [0.717, 1.165) is 0 Å². The molecule has 1 fully saturated rings. The second-order valence-electron chi connectivity index (χ2n) is 9.90. The zero-order chi connectivity index (χ0) is 27.3. The highest BCUT2D eigenvalue weighted by Crippen LogP contribution is 2.25. The number of urea groups is 1. The fourth-order valence-electron chi connectivity index (χ4n) is 3.76. The lowest BCUT2D eigenvalue weighted by Crippen LogP contribution is -2.41. The number of aromatic nitrogens is 2. The van der Waals surface area contributed by atoms with Crippen molar-refractivity contribution in [3.63, 3.8) is 0 Å². The highest BCUT2D eigenvalue weighted by atomic mass is 16.5. The Balaban J connectivity index is 1.28. The molecular formula is C26H30N6O6. The van der Waals surface area contributed by atoms with Gasteiger partial charge in [0, 0.05) is 61.1 Å². The maximum Gasteiger partial charge on any atom is 0.407 e. The first-order valence-corrected chi connectivity index (χ1v) is 12.1. The lowest BCUT2D eigenvalue weighted by atomic mass is 9.93. The first-order chi connectivity index (χ1) is 18.1. The van der Waals surface area contributed by atoms with E-state index in [0.29, 0.717) is 54.6 Å². The predicted molar refractivity (Wildman–Crippen MR) is 140 cm³/mol. The molecule has 3 heterocycles. The van der Waals surface area contributed by atoms with E-state index < -0.39 is 18.0 Å². The van der Waals surface area contributed by atoms with Crippen LogP contribution < -0.4 is 20.7 Å². The van der Waals surface area contributed by atoms with Crippen LogP contribution in [0, 0.1) is 0 Å². The molecule has 3 aromatic rings. The van der Waals surface area contributed by atoms with Crippen molar-refractivity contribution in [2.45, 2.75) is 45.1 Å². The topological polar surface area (TPSA) is 159 Å². The molecular weight excluding hydrogens is 492 g/mol. The van der Waals surface area contributed by atoms with Gasteiger partial charge in [0.05, 0.1) is 0 Å². The Labute approximate surface area is 219 Å². The molecule has 1 saturated heterocycles. The molecule has 4 amide bonds. The van der Waals surface area contributed by atoms with Crippen molar-refractivity contribution < 1.29 is 28.8 Å². The van der Waals surface area contributed by atoms with E-state index in [2.05, 4.69) is 26.1 Å². The summed E-state index contributed by atoms with van der Waals surface area (Å²) in [7, 11) is 0. The maximum atomic E-state index is 12.7. The molecule has 2 aromatic heterocycles. The number of piperidine rings is 1. The van der Waals surface area contributed by atoms with E-state index in [9.17, 15) is 14.4 Å². The Morgan fingerprint density at radius 1 is 1.00 bits per heavy atom. The smallest absolute Gasteiger partial charge is 0.407 e. The molecule has 1 aliphatic heterocycles. The molecule has 4 N–H and O–H groups in total. The van der Waals surface area contributed by atoms with Gasteiger partial charge in [0.15, 0.2) is 5.82 Å². The third-order valence-electron chi connectivity index (χ3n) is 5.87. The molecule has 0 saturated carbocycles. The third kappa shape index (κ3) is 6.99. The predicted octanol–water partition coefficient (Wildman–Crippen LogP) is 4.78. The number of carboxylic acid groups (broad SMARTS) is 1. The van der Waals surface area contributed by atoms with Crippen LogP contribution in [0.15, 0.2) is 53.2 Å². The number of rotatable bonds is 6. The van der Waals surface area contributed by atoms with Crippen LogP contribution in [-0.2, 0) is 5.41 Å². The minimum absolute atomic E-state index is 0.133. The van der Waals surface area contributed by atoms with Crippen molar-refractivity contribution in [1.29, 1.82) is 0 Å². The van der Waals surface area contributed by atoms with Crippen LogP contribution in [0.25, 0.3) is 0 Å². The molecule has 1 aromatic carbocycles. The van der Waals surface area contributed by atoms with Crippen LogP contribution >= 0.6 is 0 Å². The highest BCUT2D eigenvalue weighted by Gasteiger charge is 2.24. The highest BCUT2D eigenvalue weighted by molar-refractivity contribution is 6.03. The van der Waals surface area contributed by atoms with Crippen molar-refractivity contribution in [2.75, 3.05) is 29.0 Å². The second-order valence-corrected chi connectivity index (χ2v) is 9.90. The van der Waals surface area contributed by atoms with E-state index >= 15 is 0 Å². The Bertz CT molecular complexity index is 1290. The van der Waals surface area contributed by atoms with Crippen LogP contribution in [0.5, 0.6) is 5.75 Å². The van der Waals surface area contributed by atoms with Gasteiger partial charge in [0.2, 0.25) is 0 Å². The SMILES string of the molecule is CC(C)(C)c1cc(NC(=O)Nc2ccc(NC(=O)c3cc(OC4CCN(C(=O)O)CC4)ccn3)cc2)no1. The summed E-state index contributed by atoms with van der Waals surface area (Å²) in [6.07, 6.45) is 1.57. The number of pyridine rings is 1. The van der Waals surface area contributed by atoms with E-state index in [1.165, 1.54) is 11.1 Å². The number of carbonyl (C=O) groups excluding carboxylic acids is 2. The van der Waals surface area contributed by atoms with Gasteiger partial charge in [-0.2, -0.15) is 0 Å². The summed E-state index contributed by atoms with van der Waals surface area (Å²) in [5.41, 5.74) is 0.979. The zero-order valence-corrected chi connectivity index (χ0v) is 21.4. The molecule has 0 aliphatic carbocycles. The minimum Gasteiger partial charge on any atom is -0.490 e. The van der Waals surface area contributed by atoms with E-state index in [-0.39, 0.29) is 17.2 Å². The summed E-state index contributed by atoms with van der Waals surface area (Å²) in [5.74, 6) is 1.03. The Kier molecular flexibility index (Phi) is 7.79. The average Bonchev–Trinajstić information content (AvgIpc) is 3.35. The van der Waals surface area contributed by atoms with Crippen molar-refractivity contribution in [1.82, 2.24) is 15.0 Å². The average molecular weight is 523 g/mol. The first kappa shape index (κ1) is 26.5. The summed E-state index contributed by atoms with van der Waals surface area (Å²) in [5, 5.41) is 21.0. The van der Waals surface area contributed by atoms with Crippen molar-refractivity contribution >= 4 is 35.2 Å². The number of nitrogens with zero attached hydrogens (tertiary/aromatic N) is 3. The number of hydrogen-bond donors (Lipinski definition) is 4. The molecule has 12 nitrogen and oxygen atoms in total. The number of benzene rings is 1. The molecule has 1 aliphatic rings. The van der Waals surface area contributed by atoms with Crippen LogP contribution in [0.4, 0.5) is 26.8 Å². The summed E-state index contributed by atoms with van der Waals surface area (Å²) >= 11 is 0. The molecule has 200 valence electrons. The maximum absolute atomic E-state index is 12.7. The van der Waals surface area contributed by atoms with Gasteiger partial charge in [-0.1, -0.05) is 25.9 Å². The number of anilines is 3. The van der Waals surface area contributed by atoms with E-state index in [4.69, 9.17) is 14.4 Å². The summed E-state index contributed by atoms with van der Waals surface area (Å²) in [6, 6.07) is 11.0. The Morgan fingerprint density at radius 3 is 2.26 bits per heavy atom. The second kappa shape index (κ2) is 11.2. The standard InChI is InChI=1S/C26H30N6O6/c1-26(2,3)21-15-22(31-38-21)30-24(34)29-17-6-4-16(5-7-17)28-23(33)20-14-19(8-11-27-20)37-18-9-12-32(13-10-18)25(35)36/h4-8,11,14-15,18H,9-10,12-13H2,1-3H3,(H,28,33)(H,35,36)(H2,29,30,31,34). The normalized spacial score (nSPS) is 14.0. The number of carbonyl (C=O) groups is 3. The third-order valence-corrected chi connectivity index (χ3v) is 5.87. The van der Waals surface area contributed by atoms with Gasteiger partial charge >= 0.3 is 12.1 Å². The van der Waals surface area contributed by atoms with Gasteiger partial charge < -0.3 is 29.9 Å². The molecule has 4 rings (SSSR count). The monoisotopic (exact) mass is 522 g/mol. The largest absolute Gasteiger partial charge is 0.490 e. The lowest BCUT2D eigenvalue weighted by molar-refractivity contribution is 0.0889. The zero-order valence-electron chi connectivity index (χ0n) is 21.4. The van der Waals surface area contributed by atoms with E-state index in [1.54, 1.807) is 42.5 Å². The Hall–Kier alpha value is -4.61. The molecule has 38 heavy (non-hydrogen) atoms. The lowest BCUT2D eigenvalue weighted by Gasteiger charge is -2.30. The van der Waals surface area contributed by atoms with Gasteiger partial charge in [-0.3, -0.25) is 15.1 Å². The molecule has 0 radical (unpaired) electrons. The van der Waals surface area contributed by atoms with Gasteiger partial charge in [-0.05, 0) is 30.3 Å². The van der Waals surface area contributed by atoms with Crippen LogP contribution in [0.1, 0.15) is 49.9 Å². The van der Waals surface area contributed by atoms with Crippen molar-refractivity contribution in [2.24, 2.45) is 0 Å². The minimum atomic E-state index is -0.931. The number of amides is 4. The fraction of sp³-hybridized carbons (Fsp3) is 0.346. The molecule has 0 bridgehead atoms. The summed E-state index contributed by atoms with van der Waals surface area (Å²) in [4.78, 5) is 41.5. The van der Waals surface area contributed by atoms with Crippen LogP contribution in [0.2, 0.25) is 0 Å². The summed E-state index contributed by atoms with van der Waals surface area (Å²) in [6.45, 7) is 6.75. The van der Waals surface area contributed by atoms with Crippen LogP contribution in [-0.4, -0.2) is 57.4 Å². The number of hydrogen-bond acceptors (Lipinski definition) is 7. The van der Waals surface area contributed by atoms with Crippen molar-refractivity contribution in [3.05, 3.63) is 60.1 Å². The van der Waals surface area contributed by atoms with Crippen molar-refractivity contribution in [3.8, 4) is 5.75 Å². The fourth-order valence-corrected chi connectivity index (χ4v) is 3.76. The van der Waals surface area contributed by atoms with Gasteiger partial charge in [-0.25, -0.2) is 9.59 Å². The van der Waals surface area contributed by atoms with Crippen LogP contribution in [0.3, 0.4) is 0 Å². The molecule has 0 unspecified atom stereocenters.